The molecule has 192 valence electrons. The summed E-state index contributed by atoms with van der Waals surface area (Å²) in [5.74, 6) is -0.527. The van der Waals surface area contributed by atoms with Gasteiger partial charge in [0.25, 0.3) is 5.91 Å². The third-order valence-corrected chi connectivity index (χ3v) is 4.85. The van der Waals surface area contributed by atoms with Crippen molar-refractivity contribution in [2.24, 2.45) is 5.10 Å². The predicted molar refractivity (Wildman–Crippen MR) is 137 cm³/mol. The molecule has 0 saturated carbocycles. The lowest BCUT2D eigenvalue weighted by molar-refractivity contribution is -0.136. The zero-order valence-corrected chi connectivity index (χ0v) is 20.4. The van der Waals surface area contributed by atoms with E-state index in [1.165, 1.54) is 20.4 Å². The number of rotatable bonds is 10. The molecule has 0 spiro atoms. The minimum absolute atomic E-state index is 0.230. The quantitative estimate of drug-likeness (QED) is 0.218. The van der Waals surface area contributed by atoms with Crippen molar-refractivity contribution in [1.29, 1.82) is 0 Å². The SMILES string of the molecule is COc1ccc(NC(=O)COc2c(/C=N\NC(=O)C(=O)Nc3cccc(OC)c3)cccc2OC)cc1. The van der Waals surface area contributed by atoms with Crippen LogP contribution in [0.15, 0.2) is 71.8 Å². The number of hydrogen-bond acceptors (Lipinski definition) is 8. The first-order valence-electron chi connectivity index (χ1n) is 11.0. The van der Waals surface area contributed by atoms with Crippen LogP contribution >= 0.6 is 0 Å². The summed E-state index contributed by atoms with van der Waals surface area (Å²) in [5, 5.41) is 8.99. The molecular weight excluding hydrogens is 480 g/mol. The normalized spacial score (nSPS) is 10.4. The summed E-state index contributed by atoms with van der Waals surface area (Å²) in [5.41, 5.74) is 3.52. The van der Waals surface area contributed by atoms with Gasteiger partial charge in [0.2, 0.25) is 0 Å². The van der Waals surface area contributed by atoms with Crippen molar-refractivity contribution >= 4 is 35.3 Å². The Morgan fingerprint density at radius 3 is 2.22 bits per heavy atom. The van der Waals surface area contributed by atoms with Crippen molar-refractivity contribution in [2.45, 2.75) is 0 Å². The molecule has 0 radical (unpaired) electrons. The van der Waals surface area contributed by atoms with Crippen LogP contribution in [0.3, 0.4) is 0 Å². The number of amides is 3. The number of carbonyl (C=O) groups is 3. The molecule has 0 bridgehead atoms. The summed E-state index contributed by atoms with van der Waals surface area (Å²) < 4.78 is 21.2. The Bertz CT molecular complexity index is 1280. The number of nitrogens with zero attached hydrogens (tertiary/aromatic N) is 1. The summed E-state index contributed by atoms with van der Waals surface area (Å²) in [7, 11) is 4.50. The van der Waals surface area contributed by atoms with Crippen LogP contribution in [0.2, 0.25) is 0 Å². The van der Waals surface area contributed by atoms with E-state index in [2.05, 4.69) is 21.2 Å². The van der Waals surface area contributed by atoms with Crippen molar-refractivity contribution < 1.29 is 33.3 Å². The maximum atomic E-state index is 12.4. The molecule has 0 aliphatic heterocycles. The maximum absolute atomic E-state index is 12.4. The van der Waals surface area contributed by atoms with Crippen LogP contribution in [0.4, 0.5) is 11.4 Å². The molecule has 37 heavy (non-hydrogen) atoms. The van der Waals surface area contributed by atoms with Gasteiger partial charge in [-0.2, -0.15) is 5.10 Å². The van der Waals surface area contributed by atoms with Crippen LogP contribution < -0.4 is 35.0 Å². The molecule has 0 heterocycles. The lowest BCUT2D eigenvalue weighted by Crippen LogP contribution is -2.32. The average molecular weight is 507 g/mol. The molecule has 3 amide bonds. The second-order valence-corrected chi connectivity index (χ2v) is 7.33. The first-order valence-corrected chi connectivity index (χ1v) is 11.0. The second-order valence-electron chi connectivity index (χ2n) is 7.33. The van der Waals surface area contributed by atoms with Crippen molar-refractivity contribution in [3.05, 3.63) is 72.3 Å². The smallest absolute Gasteiger partial charge is 0.329 e. The number of hydrazone groups is 1. The Labute approximate surface area is 213 Å². The van der Waals surface area contributed by atoms with Crippen LogP contribution in [0.1, 0.15) is 5.56 Å². The molecule has 0 saturated heterocycles. The van der Waals surface area contributed by atoms with Gasteiger partial charge in [0.1, 0.15) is 11.5 Å². The molecule has 0 aliphatic carbocycles. The molecule has 0 aliphatic rings. The number of methoxy groups -OCH3 is 3. The van der Waals surface area contributed by atoms with Crippen molar-refractivity contribution in [1.82, 2.24) is 5.43 Å². The molecule has 3 rings (SSSR count). The largest absolute Gasteiger partial charge is 0.497 e. The van der Waals surface area contributed by atoms with E-state index >= 15 is 0 Å². The Morgan fingerprint density at radius 1 is 0.784 bits per heavy atom. The molecule has 0 atom stereocenters. The van der Waals surface area contributed by atoms with Gasteiger partial charge in [-0.15, -0.1) is 0 Å². The zero-order valence-electron chi connectivity index (χ0n) is 20.4. The summed E-state index contributed by atoms with van der Waals surface area (Å²) in [6.07, 6.45) is 1.27. The summed E-state index contributed by atoms with van der Waals surface area (Å²) in [4.78, 5) is 36.7. The summed E-state index contributed by atoms with van der Waals surface area (Å²) in [6, 6.07) is 18.4. The van der Waals surface area contributed by atoms with E-state index in [-0.39, 0.29) is 12.4 Å². The number of benzene rings is 3. The van der Waals surface area contributed by atoms with Crippen LogP contribution in [-0.4, -0.2) is 51.9 Å². The molecule has 11 heteroatoms. The average Bonchev–Trinajstić information content (AvgIpc) is 2.92. The second kappa shape index (κ2) is 13.1. The van der Waals surface area contributed by atoms with Gasteiger partial charge in [-0.25, -0.2) is 5.43 Å². The number of ether oxygens (including phenoxy) is 4. The fourth-order valence-electron chi connectivity index (χ4n) is 3.06. The standard InChI is InChI=1S/C26H26N4O7/c1-34-20-12-10-18(11-13-20)28-23(31)16-37-24-17(6-4-9-22(24)36-3)15-27-30-26(33)25(32)29-19-7-5-8-21(14-19)35-2/h4-15H,16H2,1-3H3,(H,28,31)(H,29,32)(H,30,33)/b27-15-. The van der Waals surface area contributed by atoms with E-state index in [1.54, 1.807) is 73.8 Å². The molecule has 3 N–H and O–H groups in total. The van der Waals surface area contributed by atoms with Crippen LogP contribution in [0.25, 0.3) is 0 Å². The monoisotopic (exact) mass is 506 g/mol. The third kappa shape index (κ3) is 7.72. The lowest BCUT2D eigenvalue weighted by atomic mass is 10.2. The van der Waals surface area contributed by atoms with Crippen molar-refractivity contribution in [3.63, 3.8) is 0 Å². The van der Waals surface area contributed by atoms with Gasteiger partial charge < -0.3 is 29.6 Å². The van der Waals surface area contributed by atoms with E-state index in [0.717, 1.165) is 0 Å². The summed E-state index contributed by atoms with van der Waals surface area (Å²) >= 11 is 0. The number of carbonyl (C=O) groups excluding carboxylic acids is 3. The number of para-hydroxylation sites is 1. The summed E-state index contributed by atoms with van der Waals surface area (Å²) in [6.45, 7) is -0.317. The van der Waals surface area contributed by atoms with Crippen LogP contribution in [0, 0.1) is 0 Å². The third-order valence-electron chi connectivity index (χ3n) is 4.85. The number of nitrogens with one attached hydrogen (secondary N) is 3. The highest BCUT2D eigenvalue weighted by Gasteiger charge is 2.15. The molecular formula is C26H26N4O7. The van der Waals surface area contributed by atoms with E-state index in [9.17, 15) is 14.4 Å². The predicted octanol–water partition coefficient (Wildman–Crippen LogP) is 2.82. The molecule has 0 unspecified atom stereocenters. The number of hydrogen-bond donors (Lipinski definition) is 3. The fourth-order valence-corrected chi connectivity index (χ4v) is 3.06. The Balaban J connectivity index is 1.60. The van der Waals surface area contributed by atoms with Gasteiger partial charge in [-0.1, -0.05) is 12.1 Å². The Kier molecular flexibility index (Phi) is 9.43. The van der Waals surface area contributed by atoms with Gasteiger partial charge >= 0.3 is 11.8 Å². The van der Waals surface area contributed by atoms with E-state index in [0.29, 0.717) is 34.2 Å². The lowest BCUT2D eigenvalue weighted by Gasteiger charge is -2.13. The minimum Gasteiger partial charge on any atom is -0.497 e. The molecule has 0 aromatic heterocycles. The van der Waals surface area contributed by atoms with E-state index < -0.39 is 17.7 Å². The van der Waals surface area contributed by atoms with Crippen LogP contribution in [0.5, 0.6) is 23.0 Å². The van der Waals surface area contributed by atoms with Crippen molar-refractivity contribution in [3.8, 4) is 23.0 Å². The highest BCUT2D eigenvalue weighted by atomic mass is 16.5. The highest BCUT2D eigenvalue weighted by molar-refractivity contribution is 6.39. The van der Waals surface area contributed by atoms with E-state index in [1.807, 2.05) is 0 Å². The Hall–Kier alpha value is -5.06. The van der Waals surface area contributed by atoms with Gasteiger partial charge in [0.15, 0.2) is 18.1 Å². The fraction of sp³-hybridized carbons (Fsp3) is 0.154. The van der Waals surface area contributed by atoms with Crippen LogP contribution in [-0.2, 0) is 14.4 Å². The zero-order chi connectivity index (χ0) is 26.6. The Morgan fingerprint density at radius 2 is 1.51 bits per heavy atom. The maximum Gasteiger partial charge on any atom is 0.329 e. The minimum atomic E-state index is -0.983. The number of anilines is 2. The first kappa shape index (κ1) is 26.5. The van der Waals surface area contributed by atoms with E-state index in [4.69, 9.17) is 18.9 Å². The molecule has 3 aromatic rings. The van der Waals surface area contributed by atoms with Crippen molar-refractivity contribution in [2.75, 3.05) is 38.6 Å². The molecule has 11 nitrogen and oxygen atoms in total. The van der Waals surface area contributed by atoms with Gasteiger partial charge in [-0.05, 0) is 48.5 Å². The molecule has 3 aromatic carbocycles. The molecule has 0 fully saturated rings. The van der Waals surface area contributed by atoms with Gasteiger partial charge in [0.05, 0.1) is 27.5 Å². The highest BCUT2D eigenvalue weighted by Crippen LogP contribution is 2.30. The first-order chi connectivity index (χ1) is 17.9. The van der Waals surface area contributed by atoms with Gasteiger partial charge in [-0.3, -0.25) is 14.4 Å². The van der Waals surface area contributed by atoms with Gasteiger partial charge in [0, 0.05) is 23.0 Å². The topological polar surface area (TPSA) is 137 Å².